The monoisotopic (exact) mass is 299 g/mol. The number of hydrogen-bond acceptors (Lipinski definition) is 1. The van der Waals surface area contributed by atoms with E-state index in [4.69, 9.17) is 0 Å². The van der Waals surface area contributed by atoms with Crippen molar-refractivity contribution in [2.45, 2.75) is 58.2 Å². The normalized spacial score (nSPS) is 24.7. The molecule has 2 atom stereocenters. The van der Waals surface area contributed by atoms with Gasteiger partial charge < -0.3 is 5.32 Å². The molecule has 0 amide bonds. The van der Waals surface area contributed by atoms with Gasteiger partial charge in [-0.3, -0.25) is 0 Å². The zero-order valence-corrected chi connectivity index (χ0v) is 12.9. The van der Waals surface area contributed by atoms with Crippen molar-refractivity contribution < 1.29 is 13.2 Å². The Bertz CT molecular complexity index is 460. The van der Waals surface area contributed by atoms with E-state index in [0.717, 1.165) is 31.4 Å². The van der Waals surface area contributed by atoms with E-state index in [1.165, 1.54) is 12.1 Å². The Hall–Kier alpha value is -1.03. The van der Waals surface area contributed by atoms with Crippen molar-refractivity contribution in [3.05, 3.63) is 35.4 Å². The average molecular weight is 299 g/mol. The van der Waals surface area contributed by atoms with Crippen molar-refractivity contribution in [1.82, 2.24) is 5.32 Å². The molecule has 0 radical (unpaired) electrons. The molecule has 2 unspecified atom stereocenters. The summed E-state index contributed by atoms with van der Waals surface area (Å²) >= 11 is 0. The second-order valence-electron chi connectivity index (χ2n) is 5.96. The van der Waals surface area contributed by atoms with Crippen molar-refractivity contribution in [2.75, 3.05) is 6.54 Å². The van der Waals surface area contributed by atoms with Crippen LogP contribution in [0.4, 0.5) is 13.2 Å². The van der Waals surface area contributed by atoms with E-state index in [-0.39, 0.29) is 5.41 Å². The van der Waals surface area contributed by atoms with Crippen molar-refractivity contribution >= 4 is 0 Å². The van der Waals surface area contributed by atoms with E-state index < -0.39 is 11.7 Å². The highest BCUT2D eigenvalue weighted by molar-refractivity contribution is 5.32. The van der Waals surface area contributed by atoms with Gasteiger partial charge in [0, 0.05) is 6.04 Å². The fourth-order valence-corrected chi connectivity index (χ4v) is 3.93. The van der Waals surface area contributed by atoms with Crippen LogP contribution in [-0.2, 0) is 6.18 Å². The summed E-state index contributed by atoms with van der Waals surface area (Å²) in [6, 6.07) is 6.23. The average Bonchev–Trinajstić information content (AvgIpc) is 2.44. The first kappa shape index (κ1) is 16.3. The molecule has 4 heteroatoms. The molecule has 21 heavy (non-hydrogen) atoms. The van der Waals surface area contributed by atoms with Crippen LogP contribution in [0.1, 0.15) is 57.1 Å². The number of halogens is 3. The minimum absolute atomic E-state index is 0.176. The Morgan fingerprint density at radius 2 is 1.67 bits per heavy atom. The maximum absolute atomic E-state index is 12.7. The maximum atomic E-state index is 12.7. The summed E-state index contributed by atoms with van der Waals surface area (Å²) in [5.74, 6) is 0.360. The molecule has 0 bridgehead atoms. The molecular weight excluding hydrogens is 275 g/mol. The van der Waals surface area contributed by atoms with Crippen LogP contribution in [0.3, 0.4) is 0 Å². The van der Waals surface area contributed by atoms with Crippen molar-refractivity contribution in [3.8, 4) is 0 Å². The molecule has 0 heterocycles. The summed E-state index contributed by atoms with van der Waals surface area (Å²) in [4.78, 5) is 0. The van der Waals surface area contributed by atoms with E-state index in [1.807, 2.05) is 0 Å². The molecule has 0 saturated heterocycles. The Labute approximate surface area is 124 Å². The summed E-state index contributed by atoms with van der Waals surface area (Å²) in [6.07, 6.45) is -1.14. The first-order chi connectivity index (χ1) is 9.89. The highest BCUT2D eigenvalue weighted by Crippen LogP contribution is 2.57. The summed E-state index contributed by atoms with van der Waals surface area (Å²) in [6.45, 7) is 7.40. The molecule has 1 nitrogen and oxygen atoms in total. The molecule has 2 rings (SSSR count). The Balaban J connectivity index is 2.22. The van der Waals surface area contributed by atoms with E-state index in [2.05, 4.69) is 26.1 Å². The summed E-state index contributed by atoms with van der Waals surface area (Å²) in [7, 11) is 0. The van der Waals surface area contributed by atoms with Gasteiger partial charge in [0.1, 0.15) is 0 Å². The minimum Gasteiger partial charge on any atom is -0.314 e. The van der Waals surface area contributed by atoms with E-state index >= 15 is 0 Å². The maximum Gasteiger partial charge on any atom is 0.416 e. The molecule has 0 aromatic heterocycles. The predicted molar refractivity (Wildman–Crippen MR) is 79.3 cm³/mol. The van der Waals surface area contributed by atoms with Crippen LogP contribution in [-0.4, -0.2) is 12.6 Å². The first-order valence-corrected chi connectivity index (χ1v) is 7.79. The smallest absolute Gasteiger partial charge is 0.314 e. The molecule has 1 N–H and O–H groups in total. The van der Waals surface area contributed by atoms with Crippen LogP contribution < -0.4 is 5.32 Å². The number of benzene rings is 1. The van der Waals surface area contributed by atoms with Gasteiger partial charge >= 0.3 is 6.18 Å². The van der Waals surface area contributed by atoms with Gasteiger partial charge in [0.05, 0.1) is 5.56 Å². The largest absolute Gasteiger partial charge is 0.416 e. The zero-order valence-electron chi connectivity index (χ0n) is 12.9. The number of alkyl halides is 3. The molecule has 0 spiro atoms. The van der Waals surface area contributed by atoms with E-state index in [0.29, 0.717) is 12.0 Å². The molecule has 0 aliphatic heterocycles. The van der Waals surface area contributed by atoms with Gasteiger partial charge in [-0.1, -0.05) is 32.9 Å². The van der Waals surface area contributed by atoms with Gasteiger partial charge in [0.2, 0.25) is 0 Å². The van der Waals surface area contributed by atoms with Gasteiger partial charge in [0.15, 0.2) is 0 Å². The zero-order chi connectivity index (χ0) is 15.7. The number of rotatable bonds is 5. The minimum atomic E-state index is -4.25. The lowest BCUT2D eigenvalue weighted by Crippen LogP contribution is -2.58. The van der Waals surface area contributed by atoms with Crippen LogP contribution in [0, 0.1) is 5.41 Å². The topological polar surface area (TPSA) is 12.0 Å². The Morgan fingerprint density at radius 3 is 2.10 bits per heavy atom. The van der Waals surface area contributed by atoms with Crippen molar-refractivity contribution in [2.24, 2.45) is 5.41 Å². The van der Waals surface area contributed by atoms with Gasteiger partial charge in [-0.15, -0.1) is 0 Å². The van der Waals surface area contributed by atoms with Crippen LogP contribution >= 0.6 is 0 Å². The number of hydrogen-bond donors (Lipinski definition) is 1. The third-order valence-corrected chi connectivity index (χ3v) is 5.27. The molecule has 1 aliphatic rings. The highest BCUT2D eigenvalue weighted by atomic mass is 19.4. The van der Waals surface area contributed by atoms with Crippen LogP contribution in [0.15, 0.2) is 24.3 Å². The highest BCUT2D eigenvalue weighted by Gasteiger charge is 2.52. The Kier molecular flexibility index (Phi) is 4.66. The molecule has 1 aromatic carbocycles. The molecule has 1 saturated carbocycles. The second-order valence-corrected chi connectivity index (χ2v) is 5.96. The third kappa shape index (κ3) is 2.83. The van der Waals surface area contributed by atoms with Crippen LogP contribution in [0.5, 0.6) is 0 Å². The summed E-state index contributed by atoms with van der Waals surface area (Å²) in [5, 5.41) is 3.53. The summed E-state index contributed by atoms with van der Waals surface area (Å²) < 4.78 is 38.0. The Morgan fingerprint density at radius 1 is 1.10 bits per heavy atom. The third-order valence-electron chi connectivity index (χ3n) is 5.27. The van der Waals surface area contributed by atoms with Gasteiger partial charge in [-0.05, 0) is 54.8 Å². The standard InChI is InChI=1S/C17H24F3N/c1-4-16(5-2)14(11-15(16)21-6-3)12-7-9-13(10-8-12)17(18,19)20/h7-10,14-15,21H,4-6,11H2,1-3H3. The molecule has 1 aromatic rings. The second kappa shape index (κ2) is 5.99. The van der Waals surface area contributed by atoms with E-state index in [1.54, 1.807) is 12.1 Å². The summed E-state index contributed by atoms with van der Waals surface area (Å²) in [5.41, 5.74) is 0.656. The molecule has 1 aliphatic carbocycles. The lowest BCUT2D eigenvalue weighted by molar-refractivity contribution is -0.137. The predicted octanol–water partition coefficient (Wildman–Crippen LogP) is 4.98. The molecule has 118 valence electrons. The number of nitrogens with one attached hydrogen (secondary N) is 1. The molecule has 1 fully saturated rings. The van der Waals surface area contributed by atoms with E-state index in [9.17, 15) is 13.2 Å². The van der Waals surface area contributed by atoms with Crippen molar-refractivity contribution in [1.29, 1.82) is 0 Å². The van der Waals surface area contributed by atoms with Gasteiger partial charge in [-0.2, -0.15) is 13.2 Å². The fraction of sp³-hybridized carbons (Fsp3) is 0.647. The SMILES string of the molecule is CCNC1CC(c2ccc(C(F)(F)F)cc2)C1(CC)CC. The van der Waals surface area contributed by atoms with Crippen LogP contribution in [0.2, 0.25) is 0 Å². The van der Waals surface area contributed by atoms with Crippen LogP contribution in [0.25, 0.3) is 0 Å². The first-order valence-electron chi connectivity index (χ1n) is 7.79. The lowest BCUT2D eigenvalue weighted by Gasteiger charge is -2.56. The lowest BCUT2D eigenvalue weighted by atomic mass is 9.52. The quantitative estimate of drug-likeness (QED) is 0.808. The van der Waals surface area contributed by atoms with Gasteiger partial charge in [0.25, 0.3) is 0 Å². The van der Waals surface area contributed by atoms with Crippen molar-refractivity contribution in [3.63, 3.8) is 0 Å². The van der Waals surface area contributed by atoms with Gasteiger partial charge in [-0.25, -0.2) is 0 Å². The molecular formula is C17H24F3N. The fourth-order valence-electron chi connectivity index (χ4n) is 3.93.